The standard InChI is InChI=1S/C18H20F2O2/c1-17-7-6-13-12-5-3-11(21)8-10(12)2-4-14(13)15(17)9-18(19,20)16(17)22/h3,5,8,12-15H,2,4,6-7,9H2,1H3/t12-,13+,14+,15-,17-/m0/s1. The molecule has 0 aliphatic heterocycles. The van der Waals surface area contributed by atoms with Crippen molar-refractivity contribution in [1.29, 1.82) is 0 Å². The van der Waals surface area contributed by atoms with Gasteiger partial charge in [0.2, 0.25) is 5.78 Å². The largest absolute Gasteiger partial charge is 0.306 e. The molecule has 0 radical (unpaired) electrons. The average molecular weight is 306 g/mol. The van der Waals surface area contributed by atoms with E-state index in [1.807, 2.05) is 6.08 Å². The molecule has 5 atom stereocenters. The summed E-state index contributed by atoms with van der Waals surface area (Å²) in [7, 11) is 0. The number of rotatable bonds is 0. The van der Waals surface area contributed by atoms with Crippen LogP contribution in [0.3, 0.4) is 0 Å². The number of halogens is 2. The molecule has 118 valence electrons. The van der Waals surface area contributed by atoms with E-state index in [2.05, 4.69) is 0 Å². The first-order valence-corrected chi connectivity index (χ1v) is 8.18. The maximum atomic E-state index is 14.0. The second kappa shape index (κ2) is 4.36. The Bertz CT molecular complexity index is 619. The van der Waals surface area contributed by atoms with Crippen molar-refractivity contribution in [3.05, 3.63) is 23.8 Å². The van der Waals surface area contributed by atoms with E-state index in [-0.39, 0.29) is 30.0 Å². The predicted octanol–water partition coefficient (Wildman–Crippen LogP) is 3.72. The summed E-state index contributed by atoms with van der Waals surface area (Å²) in [6.45, 7) is 1.75. The third kappa shape index (κ3) is 1.76. The second-order valence-electron chi connectivity index (χ2n) is 7.67. The van der Waals surface area contributed by atoms with Crippen molar-refractivity contribution >= 4 is 11.6 Å². The number of carbonyl (C=O) groups is 2. The number of allylic oxidation sites excluding steroid dienone is 4. The van der Waals surface area contributed by atoms with Gasteiger partial charge in [0, 0.05) is 17.8 Å². The first kappa shape index (κ1) is 14.3. The Morgan fingerprint density at radius 2 is 1.95 bits per heavy atom. The van der Waals surface area contributed by atoms with E-state index in [9.17, 15) is 18.4 Å². The summed E-state index contributed by atoms with van der Waals surface area (Å²) < 4.78 is 28.0. The van der Waals surface area contributed by atoms with Gasteiger partial charge < -0.3 is 0 Å². The first-order valence-electron chi connectivity index (χ1n) is 8.18. The summed E-state index contributed by atoms with van der Waals surface area (Å²) in [4.78, 5) is 23.7. The van der Waals surface area contributed by atoms with Crippen LogP contribution >= 0.6 is 0 Å². The Balaban J connectivity index is 1.68. The number of carbonyl (C=O) groups excluding carboxylic acids is 2. The van der Waals surface area contributed by atoms with Crippen LogP contribution in [0.25, 0.3) is 0 Å². The molecular formula is C18H20F2O2. The van der Waals surface area contributed by atoms with Gasteiger partial charge in [-0.2, -0.15) is 8.78 Å². The fraction of sp³-hybridized carbons (Fsp3) is 0.667. The Morgan fingerprint density at radius 3 is 2.73 bits per heavy atom. The molecule has 3 fully saturated rings. The van der Waals surface area contributed by atoms with Gasteiger partial charge in [0.25, 0.3) is 0 Å². The maximum absolute atomic E-state index is 14.0. The van der Waals surface area contributed by atoms with Crippen LogP contribution in [0.4, 0.5) is 8.78 Å². The summed E-state index contributed by atoms with van der Waals surface area (Å²) in [6, 6.07) is 0. The molecule has 0 aromatic carbocycles. The fourth-order valence-electron chi connectivity index (χ4n) is 5.58. The highest BCUT2D eigenvalue weighted by Crippen LogP contribution is 2.62. The summed E-state index contributed by atoms with van der Waals surface area (Å²) in [5.74, 6) is -3.46. The summed E-state index contributed by atoms with van der Waals surface area (Å²) >= 11 is 0. The Morgan fingerprint density at radius 1 is 1.18 bits per heavy atom. The van der Waals surface area contributed by atoms with Gasteiger partial charge in [-0.25, -0.2) is 0 Å². The zero-order valence-corrected chi connectivity index (χ0v) is 12.6. The molecule has 0 aromatic heterocycles. The minimum absolute atomic E-state index is 0.0351. The van der Waals surface area contributed by atoms with Crippen molar-refractivity contribution < 1.29 is 18.4 Å². The molecule has 0 N–H and O–H groups in total. The van der Waals surface area contributed by atoms with Crippen molar-refractivity contribution in [2.45, 2.75) is 45.0 Å². The number of ketones is 2. The highest BCUT2D eigenvalue weighted by molar-refractivity contribution is 6.01. The van der Waals surface area contributed by atoms with E-state index in [0.29, 0.717) is 12.3 Å². The Kier molecular flexibility index (Phi) is 2.83. The van der Waals surface area contributed by atoms with Gasteiger partial charge in [0.15, 0.2) is 5.78 Å². The molecule has 22 heavy (non-hydrogen) atoms. The van der Waals surface area contributed by atoms with E-state index in [0.717, 1.165) is 24.8 Å². The molecule has 0 unspecified atom stereocenters. The van der Waals surface area contributed by atoms with Crippen molar-refractivity contribution in [1.82, 2.24) is 0 Å². The van der Waals surface area contributed by atoms with E-state index >= 15 is 0 Å². The molecule has 4 aliphatic rings. The van der Waals surface area contributed by atoms with E-state index < -0.39 is 17.1 Å². The molecule has 0 aromatic rings. The lowest BCUT2D eigenvalue weighted by molar-refractivity contribution is -0.146. The van der Waals surface area contributed by atoms with Gasteiger partial charge in [-0.1, -0.05) is 18.6 Å². The number of Topliss-reactive ketones (excluding diaryl/α,β-unsaturated/α-hetero) is 1. The summed E-state index contributed by atoms with van der Waals surface area (Å²) in [5.41, 5.74) is 0.313. The minimum atomic E-state index is -3.15. The van der Waals surface area contributed by atoms with Gasteiger partial charge in [-0.15, -0.1) is 0 Å². The van der Waals surface area contributed by atoms with Gasteiger partial charge >= 0.3 is 5.92 Å². The maximum Gasteiger partial charge on any atom is 0.306 e. The summed E-state index contributed by atoms with van der Waals surface area (Å²) in [6.07, 6.45) is 8.01. The lowest BCUT2D eigenvalue weighted by atomic mass is 9.53. The zero-order valence-electron chi connectivity index (χ0n) is 12.6. The second-order valence-corrected chi connectivity index (χ2v) is 7.67. The zero-order chi connectivity index (χ0) is 15.7. The summed E-state index contributed by atoms with van der Waals surface area (Å²) in [5, 5.41) is 0. The highest BCUT2D eigenvalue weighted by Gasteiger charge is 2.66. The minimum Gasteiger partial charge on any atom is -0.292 e. The molecular weight excluding hydrogens is 286 g/mol. The average Bonchev–Trinajstić information content (AvgIpc) is 2.66. The van der Waals surface area contributed by atoms with Crippen LogP contribution in [-0.4, -0.2) is 17.5 Å². The molecule has 0 amide bonds. The molecule has 0 spiro atoms. The third-order valence-corrected chi connectivity index (χ3v) is 6.66. The van der Waals surface area contributed by atoms with Crippen LogP contribution in [-0.2, 0) is 9.59 Å². The number of hydrogen-bond acceptors (Lipinski definition) is 2. The molecule has 4 aliphatic carbocycles. The molecule has 0 bridgehead atoms. The fourth-order valence-corrected chi connectivity index (χ4v) is 5.58. The number of hydrogen-bond donors (Lipinski definition) is 0. The van der Waals surface area contributed by atoms with Crippen molar-refractivity contribution in [2.75, 3.05) is 0 Å². The van der Waals surface area contributed by atoms with Crippen LogP contribution in [0, 0.1) is 29.1 Å². The Hall–Kier alpha value is -1.32. The van der Waals surface area contributed by atoms with Crippen molar-refractivity contribution in [3.63, 3.8) is 0 Å². The lowest BCUT2D eigenvalue weighted by Gasteiger charge is -2.50. The topological polar surface area (TPSA) is 34.1 Å². The van der Waals surface area contributed by atoms with Crippen LogP contribution in [0.2, 0.25) is 0 Å². The van der Waals surface area contributed by atoms with Crippen molar-refractivity contribution in [3.8, 4) is 0 Å². The monoisotopic (exact) mass is 306 g/mol. The Labute approximate surface area is 128 Å². The molecule has 0 heterocycles. The molecule has 0 saturated heterocycles. The molecule has 2 nitrogen and oxygen atoms in total. The van der Waals surface area contributed by atoms with Gasteiger partial charge in [0.1, 0.15) is 0 Å². The SMILES string of the molecule is C[C@]12CC[C@H]3[C@@H](CCC4=CC(=O)C=C[C@@H]43)[C@@H]1CC(F)(F)C2=O. The quantitative estimate of drug-likeness (QED) is 0.683. The van der Waals surface area contributed by atoms with Gasteiger partial charge in [-0.05, 0) is 55.6 Å². The van der Waals surface area contributed by atoms with E-state index in [1.54, 1.807) is 19.1 Å². The van der Waals surface area contributed by atoms with E-state index in [1.165, 1.54) is 0 Å². The van der Waals surface area contributed by atoms with Gasteiger partial charge in [0.05, 0.1) is 0 Å². The number of fused-ring (bicyclic) bond motifs is 5. The predicted molar refractivity (Wildman–Crippen MR) is 77.3 cm³/mol. The lowest BCUT2D eigenvalue weighted by Crippen LogP contribution is -2.46. The van der Waals surface area contributed by atoms with Gasteiger partial charge in [-0.3, -0.25) is 9.59 Å². The van der Waals surface area contributed by atoms with Crippen molar-refractivity contribution in [2.24, 2.45) is 29.1 Å². The van der Waals surface area contributed by atoms with Crippen LogP contribution in [0.5, 0.6) is 0 Å². The smallest absolute Gasteiger partial charge is 0.292 e. The van der Waals surface area contributed by atoms with E-state index in [4.69, 9.17) is 0 Å². The van der Waals surface area contributed by atoms with Crippen LogP contribution in [0.1, 0.15) is 39.0 Å². The highest BCUT2D eigenvalue weighted by atomic mass is 19.3. The number of alkyl halides is 2. The molecule has 4 heteroatoms. The third-order valence-electron chi connectivity index (χ3n) is 6.66. The normalized spacial score (nSPS) is 45.9. The van der Waals surface area contributed by atoms with Crippen LogP contribution in [0.15, 0.2) is 23.8 Å². The molecule has 3 saturated carbocycles. The molecule has 4 rings (SSSR count). The first-order chi connectivity index (χ1) is 10.3. The van der Waals surface area contributed by atoms with Crippen LogP contribution < -0.4 is 0 Å².